The number of nitrogens with zero attached hydrogens (tertiary/aromatic N) is 2. The summed E-state index contributed by atoms with van der Waals surface area (Å²) in [6.45, 7) is 2.69. The van der Waals surface area contributed by atoms with Crippen molar-refractivity contribution in [1.82, 2.24) is 9.38 Å². The molecule has 102 valence electrons. The van der Waals surface area contributed by atoms with E-state index in [1.165, 1.54) is 11.1 Å². The molecule has 0 aliphatic rings. The molecule has 0 spiro atoms. The second kappa shape index (κ2) is 5.47. The number of nitrogens with two attached hydrogens (primary N) is 1. The van der Waals surface area contributed by atoms with Gasteiger partial charge in [-0.3, -0.25) is 0 Å². The van der Waals surface area contributed by atoms with Gasteiger partial charge in [-0.25, -0.2) is 4.98 Å². The first-order valence-corrected chi connectivity index (χ1v) is 7.03. The highest BCUT2D eigenvalue weighted by Crippen LogP contribution is 2.14. The van der Waals surface area contributed by atoms with Crippen molar-refractivity contribution in [1.29, 1.82) is 0 Å². The summed E-state index contributed by atoms with van der Waals surface area (Å²) in [6.07, 6.45) is 6.04. The van der Waals surface area contributed by atoms with Gasteiger partial charge in [-0.2, -0.15) is 0 Å². The number of aryl methyl sites for hydroxylation is 1. The lowest BCUT2D eigenvalue weighted by Gasteiger charge is -2.00. The van der Waals surface area contributed by atoms with Crippen LogP contribution in [-0.4, -0.2) is 9.38 Å². The molecule has 2 N–H and O–H groups in total. The molecule has 3 nitrogen and oxygen atoms in total. The SMILES string of the molecule is CCc1ccc(Cc2cn3cccc(CN)c3n2)cc1. The van der Waals surface area contributed by atoms with Crippen molar-refractivity contribution in [2.24, 2.45) is 5.73 Å². The minimum atomic E-state index is 0.520. The van der Waals surface area contributed by atoms with E-state index in [0.29, 0.717) is 6.54 Å². The van der Waals surface area contributed by atoms with Gasteiger partial charge in [-0.15, -0.1) is 0 Å². The lowest BCUT2D eigenvalue weighted by Crippen LogP contribution is -1.99. The average Bonchev–Trinajstić information content (AvgIpc) is 2.90. The van der Waals surface area contributed by atoms with E-state index in [9.17, 15) is 0 Å². The number of pyridine rings is 1. The zero-order valence-corrected chi connectivity index (χ0v) is 11.7. The van der Waals surface area contributed by atoms with Crippen molar-refractivity contribution in [3.8, 4) is 0 Å². The molecule has 0 unspecified atom stereocenters. The molecule has 0 atom stereocenters. The number of hydrogen-bond donors (Lipinski definition) is 1. The number of imidazole rings is 1. The highest BCUT2D eigenvalue weighted by molar-refractivity contribution is 5.49. The minimum Gasteiger partial charge on any atom is -0.326 e. The van der Waals surface area contributed by atoms with E-state index in [-0.39, 0.29) is 0 Å². The molecule has 3 rings (SSSR count). The van der Waals surface area contributed by atoms with Gasteiger partial charge in [0.15, 0.2) is 0 Å². The van der Waals surface area contributed by atoms with Crippen molar-refractivity contribution in [2.75, 3.05) is 0 Å². The molecule has 0 saturated carbocycles. The lowest BCUT2D eigenvalue weighted by atomic mass is 10.1. The molecule has 0 aliphatic heterocycles. The fraction of sp³-hybridized carbons (Fsp3) is 0.235. The zero-order chi connectivity index (χ0) is 13.9. The molecule has 3 heteroatoms. The van der Waals surface area contributed by atoms with E-state index in [2.05, 4.69) is 41.8 Å². The number of benzene rings is 1. The van der Waals surface area contributed by atoms with Gasteiger partial charge < -0.3 is 10.1 Å². The molecule has 0 saturated heterocycles. The van der Waals surface area contributed by atoms with Crippen LogP contribution in [0.2, 0.25) is 0 Å². The molecule has 0 radical (unpaired) electrons. The third kappa shape index (κ3) is 2.45. The Morgan fingerprint density at radius 1 is 1.10 bits per heavy atom. The predicted octanol–water partition coefficient (Wildman–Crippen LogP) is 2.95. The molecule has 0 fully saturated rings. The van der Waals surface area contributed by atoms with Gasteiger partial charge in [-0.05, 0) is 23.6 Å². The molecule has 0 amide bonds. The summed E-state index contributed by atoms with van der Waals surface area (Å²) in [5.41, 5.74) is 11.5. The van der Waals surface area contributed by atoms with Crippen molar-refractivity contribution in [3.05, 3.63) is 71.2 Å². The van der Waals surface area contributed by atoms with Gasteiger partial charge in [0.1, 0.15) is 5.65 Å². The van der Waals surface area contributed by atoms with Crippen LogP contribution in [0.4, 0.5) is 0 Å². The summed E-state index contributed by atoms with van der Waals surface area (Å²) in [5.74, 6) is 0. The first-order chi connectivity index (χ1) is 9.80. The van der Waals surface area contributed by atoms with Gasteiger partial charge in [0.25, 0.3) is 0 Å². The van der Waals surface area contributed by atoms with Gasteiger partial charge in [0.2, 0.25) is 0 Å². The van der Waals surface area contributed by atoms with Crippen LogP contribution < -0.4 is 5.73 Å². The highest BCUT2D eigenvalue weighted by Gasteiger charge is 2.06. The second-order valence-corrected chi connectivity index (χ2v) is 5.05. The molecule has 1 aromatic carbocycles. The smallest absolute Gasteiger partial charge is 0.141 e. The molecule has 2 aromatic heterocycles. The first kappa shape index (κ1) is 12.9. The Morgan fingerprint density at radius 2 is 1.85 bits per heavy atom. The van der Waals surface area contributed by atoms with Crippen molar-refractivity contribution >= 4 is 5.65 Å². The van der Waals surface area contributed by atoms with E-state index < -0.39 is 0 Å². The Morgan fingerprint density at radius 3 is 2.55 bits per heavy atom. The first-order valence-electron chi connectivity index (χ1n) is 7.03. The van der Waals surface area contributed by atoms with Gasteiger partial charge in [0.05, 0.1) is 5.69 Å². The van der Waals surface area contributed by atoms with Crippen LogP contribution in [0, 0.1) is 0 Å². The molecular formula is C17H19N3. The third-order valence-electron chi connectivity index (χ3n) is 3.65. The Bertz CT molecular complexity index is 711. The maximum Gasteiger partial charge on any atom is 0.141 e. The predicted molar refractivity (Wildman–Crippen MR) is 81.7 cm³/mol. The van der Waals surface area contributed by atoms with Gasteiger partial charge in [0, 0.05) is 30.9 Å². The summed E-state index contributed by atoms with van der Waals surface area (Å²) in [4.78, 5) is 4.70. The average molecular weight is 265 g/mol. The molecule has 2 heterocycles. The summed E-state index contributed by atoms with van der Waals surface area (Å²) in [5, 5.41) is 0. The summed E-state index contributed by atoms with van der Waals surface area (Å²) in [7, 11) is 0. The van der Waals surface area contributed by atoms with E-state index >= 15 is 0 Å². The normalized spacial score (nSPS) is 11.1. The van der Waals surface area contributed by atoms with Crippen LogP contribution in [-0.2, 0) is 19.4 Å². The van der Waals surface area contributed by atoms with Crippen molar-refractivity contribution < 1.29 is 0 Å². The maximum atomic E-state index is 5.76. The van der Waals surface area contributed by atoms with Crippen LogP contribution in [0.1, 0.15) is 29.3 Å². The summed E-state index contributed by atoms with van der Waals surface area (Å²) >= 11 is 0. The van der Waals surface area contributed by atoms with Crippen LogP contribution in [0.3, 0.4) is 0 Å². The monoisotopic (exact) mass is 265 g/mol. The largest absolute Gasteiger partial charge is 0.326 e. The Kier molecular flexibility index (Phi) is 3.52. The van der Waals surface area contributed by atoms with E-state index in [1.54, 1.807) is 0 Å². The van der Waals surface area contributed by atoms with Gasteiger partial charge in [-0.1, -0.05) is 37.3 Å². The van der Waals surface area contributed by atoms with Gasteiger partial charge >= 0.3 is 0 Å². The number of hydrogen-bond acceptors (Lipinski definition) is 2. The molecule has 20 heavy (non-hydrogen) atoms. The quantitative estimate of drug-likeness (QED) is 0.788. The summed E-state index contributed by atoms with van der Waals surface area (Å²) < 4.78 is 2.05. The number of aromatic nitrogens is 2. The topological polar surface area (TPSA) is 43.3 Å². The molecular weight excluding hydrogens is 246 g/mol. The van der Waals surface area contributed by atoms with Crippen LogP contribution in [0.15, 0.2) is 48.8 Å². The van der Waals surface area contributed by atoms with E-state index in [0.717, 1.165) is 29.7 Å². The number of rotatable bonds is 4. The Labute approximate surface area is 119 Å². The fourth-order valence-electron chi connectivity index (χ4n) is 2.47. The Balaban J connectivity index is 1.90. The lowest BCUT2D eigenvalue weighted by molar-refractivity contribution is 1.04. The van der Waals surface area contributed by atoms with E-state index in [1.807, 2.05) is 18.3 Å². The van der Waals surface area contributed by atoms with Crippen molar-refractivity contribution in [2.45, 2.75) is 26.3 Å². The highest BCUT2D eigenvalue weighted by atomic mass is 15.0. The number of fused-ring (bicyclic) bond motifs is 1. The standard InChI is InChI=1S/C17H19N3/c1-2-13-5-7-14(8-6-13)10-16-12-20-9-3-4-15(11-18)17(20)19-16/h3-9,12H,2,10-11,18H2,1H3. The molecule has 0 aliphatic carbocycles. The maximum absolute atomic E-state index is 5.76. The van der Waals surface area contributed by atoms with Crippen LogP contribution in [0.25, 0.3) is 5.65 Å². The third-order valence-corrected chi connectivity index (χ3v) is 3.65. The Hall–Kier alpha value is -2.13. The molecule has 3 aromatic rings. The summed E-state index contributed by atoms with van der Waals surface area (Å²) in [6, 6.07) is 12.8. The molecule has 0 bridgehead atoms. The zero-order valence-electron chi connectivity index (χ0n) is 11.7. The second-order valence-electron chi connectivity index (χ2n) is 5.05. The minimum absolute atomic E-state index is 0.520. The van der Waals surface area contributed by atoms with E-state index in [4.69, 9.17) is 10.7 Å². The van der Waals surface area contributed by atoms with Crippen LogP contribution >= 0.6 is 0 Å². The van der Waals surface area contributed by atoms with Crippen molar-refractivity contribution in [3.63, 3.8) is 0 Å². The fourth-order valence-corrected chi connectivity index (χ4v) is 2.47. The van der Waals surface area contributed by atoms with Crippen LogP contribution in [0.5, 0.6) is 0 Å².